The molecule has 2 aromatic carbocycles. The van der Waals surface area contributed by atoms with Crippen LogP contribution in [-0.4, -0.2) is 26.4 Å². The first-order chi connectivity index (χ1) is 11.2. The molecule has 6 nitrogen and oxygen atoms in total. The molecule has 0 bridgehead atoms. The fourth-order valence-electron chi connectivity index (χ4n) is 2.32. The largest absolute Gasteiger partial charge is 0.486 e. The number of benzene rings is 2. The number of carbonyl (C=O) groups excluding carboxylic acids is 1. The van der Waals surface area contributed by atoms with Crippen LogP contribution in [0.3, 0.4) is 0 Å². The van der Waals surface area contributed by atoms with Crippen molar-refractivity contribution in [2.24, 2.45) is 0 Å². The van der Waals surface area contributed by atoms with Crippen LogP contribution in [0.2, 0.25) is 0 Å². The second-order valence-corrected chi connectivity index (χ2v) is 5.07. The molecular formula is C17H18N2O4. The first kappa shape index (κ1) is 15.2. The monoisotopic (exact) mass is 314 g/mol. The standard InChI is InChI=1S/C17H18N2O4/c1-21-11-12-3-2-4-13(9-12)18-17(20)19-14-5-6-15-16(10-14)23-8-7-22-15/h2-6,9-10H,7-8,11H2,1H3,(H2,18,19,20). The average Bonchev–Trinajstić information content (AvgIpc) is 2.55. The molecule has 0 saturated heterocycles. The van der Waals surface area contributed by atoms with Crippen LogP contribution in [0.4, 0.5) is 16.2 Å². The summed E-state index contributed by atoms with van der Waals surface area (Å²) in [4.78, 5) is 12.1. The normalized spacial score (nSPS) is 12.6. The molecule has 0 spiro atoms. The molecule has 23 heavy (non-hydrogen) atoms. The maximum atomic E-state index is 12.1. The van der Waals surface area contributed by atoms with Gasteiger partial charge in [0.2, 0.25) is 0 Å². The minimum atomic E-state index is -0.323. The van der Waals surface area contributed by atoms with Gasteiger partial charge in [-0.25, -0.2) is 4.79 Å². The van der Waals surface area contributed by atoms with Gasteiger partial charge in [0.05, 0.1) is 6.61 Å². The molecule has 0 radical (unpaired) electrons. The lowest BCUT2D eigenvalue weighted by Crippen LogP contribution is -2.20. The fraction of sp³-hybridized carbons (Fsp3) is 0.235. The van der Waals surface area contributed by atoms with Gasteiger partial charge in [-0.1, -0.05) is 12.1 Å². The summed E-state index contributed by atoms with van der Waals surface area (Å²) in [6, 6.07) is 12.5. The smallest absolute Gasteiger partial charge is 0.323 e. The van der Waals surface area contributed by atoms with Crippen LogP contribution in [0.5, 0.6) is 11.5 Å². The number of carbonyl (C=O) groups is 1. The predicted octanol–water partition coefficient (Wildman–Crippen LogP) is 3.25. The quantitative estimate of drug-likeness (QED) is 0.909. The van der Waals surface area contributed by atoms with Crippen molar-refractivity contribution in [3.8, 4) is 11.5 Å². The van der Waals surface area contributed by atoms with Gasteiger partial charge in [-0.15, -0.1) is 0 Å². The number of nitrogens with one attached hydrogen (secondary N) is 2. The molecule has 3 rings (SSSR count). The third-order valence-corrected chi connectivity index (χ3v) is 3.30. The zero-order valence-electron chi connectivity index (χ0n) is 12.8. The highest BCUT2D eigenvalue weighted by Gasteiger charge is 2.12. The van der Waals surface area contributed by atoms with E-state index in [0.29, 0.717) is 42.7 Å². The minimum Gasteiger partial charge on any atom is -0.486 e. The lowest BCUT2D eigenvalue weighted by molar-refractivity contribution is 0.171. The summed E-state index contributed by atoms with van der Waals surface area (Å²) in [6.45, 7) is 1.55. The van der Waals surface area contributed by atoms with E-state index in [1.165, 1.54) is 0 Å². The van der Waals surface area contributed by atoms with Crippen molar-refractivity contribution in [3.05, 3.63) is 48.0 Å². The number of urea groups is 1. The summed E-state index contributed by atoms with van der Waals surface area (Å²) in [6.07, 6.45) is 0. The molecule has 0 fully saturated rings. The summed E-state index contributed by atoms with van der Waals surface area (Å²) in [5.41, 5.74) is 2.33. The van der Waals surface area contributed by atoms with Crippen LogP contribution < -0.4 is 20.1 Å². The van der Waals surface area contributed by atoms with Gasteiger partial charge in [-0.05, 0) is 29.8 Å². The Kier molecular flexibility index (Phi) is 4.63. The molecule has 6 heteroatoms. The van der Waals surface area contributed by atoms with Crippen molar-refractivity contribution >= 4 is 17.4 Å². The molecule has 2 amide bonds. The summed E-state index contributed by atoms with van der Waals surface area (Å²) in [5, 5.41) is 5.57. The van der Waals surface area contributed by atoms with Crippen LogP contribution in [-0.2, 0) is 11.3 Å². The van der Waals surface area contributed by atoms with Crippen LogP contribution in [0.15, 0.2) is 42.5 Å². The SMILES string of the molecule is COCc1cccc(NC(=O)Nc2ccc3c(c2)OCCO3)c1. The van der Waals surface area contributed by atoms with Crippen molar-refractivity contribution in [1.29, 1.82) is 0 Å². The Morgan fingerprint density at radius 2 is 1.78 bits per heavy atom. The Morgan fingerprint density at radius 3 is 2.57 bits per heavy atom. The molecule has 0 unspecified atom stereocenters. The lowest BCUT2D eigenvalue weighted by Gasteiger charge is -2.19. The second-order valence-electron chi connectivity index (χ2n) is 5.07. The zero-order valence-corrected chi connectivity index (χ0v) is 12.8. The topological polar surface area (TPSA) is 68.8 Å². The average molecular weight is 314 g/mol. The molecule has 0 saturated carbocycles. The molecule has 0 atom stereocenters. The first-order valence-corrected chi connectivity index (χ1v) is 7.30. The number of fused-ring (bicyclic) bond motifs is 1. The number of hydrogen-bond donors (Lipinski definition) is 2. The Balaban J connectivity index is 1.64. The number of rotatable bonds is 4. The van der Waals surface area contributed by atoms with E-state index in [1.807, 2.05) is 24.3 Å². The Morgan fingerprint density at radius 1 is 1.04 bits per heavy atom. The van der Waals surface area contributed by atoms with Gasteiger partial charge in [0.25, 0.3) is 0 Å². The van der Waals surface area contributed by atoms with E-state index in [1.54, 1.807) is 25.3 Å². The first-order valence-electron chi connectivity index (χ1n) is 7.30. The summed E-state index contributed by atoms with van der Waals surface area (Å²) in [5.74, 6) is 1.32. The molecular weight excluding hydrogens is 296 g/mol. The van der Waals surface area contributed by atoms with Crippen molar-refractivity contribution in [1.82, 2.24) is 0 Å². The number of ether oxygens (including phenoxy) is 3. The summed E-state index contributed by atoms with van der Waals surface area (Å²) < 4.78 is 16.0. The van der Waals surface area contributed by atoms with E-state index in [-0.39, 0.29) is 6.03 Å². The predicted molar refractivity (Wildman–Crippen MR) is 87.2 cm³/mol. The van der Waals surface area contributed by atoms with Crippen molar-refractivity contribution in [2.45, 2.75) is 6.61 Å². The third kappa shape index (κ3) is 3.92. The number of amides is 2. The van der Waals surface area contributed by atoms with E-state index in [9.17, 15) is 4.79 Å². The zero-order chi connectivity index (χ0) is 16.1. The van der Waals surface area contributed by atoms with Gasteiger partial charge in [0.1, 0.15) is 13.2 Å². The summed E-state index contributed by atoms with van der Waals surface area (Å²) >= 11 is 0. The number of anilines is 2. The van der Waals surface area contributed by atoms with E-state index < -0.39 is 0 Å². The fourth-order valence-corrected chi connectivity index (χ4v) is 2.32. The van der Waals surface area contributed by atoms with E-state index in [0.717, 1.165) is 5.56 Å². The second kappa shape index (κ2) is 7.02. The lowest BCUT2D eigenvalue weighted by atomic mass is 10.2. The number of hydrogen-bond acceptors (Lipinski definition) is 4. The third-order valence-electron chi connectivity index (χ3n) is 3.30. The highest BCUT2D eigenvalue weighted by atomic mass is 16.6. The van der Waals surface area contributed by atoms with Gasteiger partial charge < -0.3 is 24.8 Å². The molecule has 0 aliphatic carbocycles. The molecule has 2 N–H and O–H groups in total. The Hall–Kier alpha value is -2.73. The van der Waals surface area contributed by atoms with Crippen LogP contribution in [0, 0.1) is 0 Å². The highest BCUT2D eigenvalue weighted by Crippen LogP contribution is 2.32. The molecule has 120 valence electrons. The van der Waals surface area contributed by atoms with Crippen molar-refractivity contribution in [3.63, 3.8) is 0 Å². The minimum absolute atomic E-state index is 0.323. The maximum absolute atomic E-state index is 12.1. The van der Waals surface area contributed by atoms with E-state index in [4.69, 9.17) is 14.2 Å². The van der Waals surface area contributed by atoms with Crippen molar-refractivity contribution in [2.75, 3.05) is 31.0 Å². The Labute approximate surface area is 134 Å². The van der Waals surface area contributed by atoms with E-state index >= 15 is 0 Å². The van der Waals surface area contributed by atoms with Crippen LogP contribution in [0.1, 0.15) is 5.56 Å². The van der Waals surface area contributed by atoms with Gasteiger partial charge in [0.15, 0.2) is 11.5 Å². The highest BCUT2D eigenvalue weighted by molar-refractivity contribution is 6.00. The molecule has 1 aliphatic rings. The van der Waals surface area contributed by atoms with Crippen molar-refractivity contribution < 1.29 is 19.0 Å². The molecule has 1 aliphatic heterocycles. The van der Waals surface area contributed by atoms with Gasteiger partial charge in [-0.2, -0.15) is 0 Å². The molecule has 0 aromatic heterocycles. The van der Waals surface area contributed by atoms with Crippen LogP contribution >= 0.6 is 0 Å². The van der Waals surface area contributed by atoms with Gasteiger partial charge in [0, 0.05) is 24.6 Å². The maximum Gasteiger partial charge on any atom is 0.323 e. The summed E-state index contributed by atoms with van der Waals surface area (Å²) in [7, 11) is 1.63. The number of methoxy groups -OCH3 is 1. The Bertz CT molecular complexity index is 703. The van der Waals surface area contributed by atoms with E-state index in [2.05, 4.69) is 10.6 Å². The van der Waals surface area contributed by atoms with Crippen LogP contribution in [0.25, 0.3) is 0 Å². The molecule has 1 heterocycles. The van der Waals surface area contributed by atoms with Gasteiger partial charge in [-0.3, -0.25) is 0 Å². The molecule has 2 aromatic rings. The van der Waals surface area contributed by atoms with Gasteiger partial charge >= 0.3 is 6.03 Å².